The number of hydrogen-bond donors (Lipinski definition) is 4. The van der Waals surface area contributed by atoms with E-state index in [0.717, 1.165) is 10.2 Å². The number of pyridine rings is 1. The summed E-state index contributed by atoms with van der Waals surface area (Å²) in [5.41, 5.74) is 2.42. The second-order valence-corrected chi connectivity index (χ2v) is 9.23. The second-order valence-electron chi connectivity index (χ2n) is 6.11. The molecule has 0 saturated heterocycles. The van der Waals surface area contributed by atoms with Gasteiger partial charge in [-0.15, -0.1) is 0 Å². The van der Waals surface area contributed by atoms with Crippen LogP contribution in [0.2, 0.25) is 0 Å². The van der Waals surface area contributed by atoms with Crippen molar-refractivity contribution >= 4 is 64.3 Å². The SMILES string of the molecule is CNc1ncc(Nc2ncc(Br)c(Nc3ccccc3P(C)C)n2)cc1C=N. The van der Waals surface area contributed by atoms with Gasteiger partial charge in [0.1, 0.15) is 11.6 Å². The third-order valence-corrected chi connectivity index (χ3v) is 5.88. The van der Waals surface area contributed by atoms with Crippen molar-refractivity contribution in [2.45, 2.75) is 0 Å². The maximum absolute atomic E-state index is 7.53. The summed E-state index contributed by atoms with van der Waals surface area (Å²) in [6.45, 7) is 4.45. The van der Waals surface area contributed by atoms with Crippen LogP contribution in [0.4, 0.5) is 29.0 Å². The van der Waals surface area contributed by atoms with Crippen LogP contribution in [0.5, 0.6) is 0 Å². The maximum Gasteiger partial charge on any atom is 0.229 e. The first-order chi connectivity index (χ1) is 13.5. The molecule has 3 aromatic rings. The average Bonchev–Trinajstić information content (AvgIpc) is 2.70. The fourth-order valence-corrected chi connectivity index (χ4v) is 3.90. The Morgan fingerprint density at radius 3 is 2.57 bits per heavy atom. The molecule has 0 fully saturated rings. The minimum atomic E-state index is -0.252. The fourth-order valence-electron chi connectivity index (χ4n) is 2.61. The van der Waals surface area contributed by atoms with Crippen molar-refractivity contribution in [1.82, 2.24) is 15.0 Å². The number of anilines is 5. The van der Waals surface area contributed by atoms with E-state index in [1.807, 2.05) is 18.2 Å². The number of benzene rings is 1. The zero-order valence-electron chi connectivity index (χ0n) is 15.8. The largest absolute Gasteiger partial charge is 0.373 e. The molecule has 0 amide bonds. The van der Waals surface area contributed by atoms with Crippen molar-refractivity contribution in [3.63, 3.8) is 0 Å². The fraction of sp³-hybridized carbons (Fsp3) is 0.158. The van der Waals surface area contributed by atoms with Gasteiger partial charge in [0.05, 0.1) is 16.4 Å². The number of aromatic nitrogens is 3. The van der Waals surface area contributed by atoms with E-state index in [9.17, 15) is 0 Å². The van der Waals surface area contributed by atoms with E-state index in [1.165, 1.54) is 11.5 Å². The number of hydrogen-bond acceptors (Lipinski definition) is 7. The highest BCUT2D eigenvalue weighted by atomic mass is 79.9. The monoisotopic (exact) mass is 457 g/mol. The summed E-state index contributed by atoms with van der Waals surface area (Å²) >= 11 is 3.52. The predicted octanol–water partition coefficient (Wildman–Crippen LogP) is 4.53. The normalized spacial score (nSPS) is 10.6. The number of rotatable bonds is 7. The lowest BCUT2D eigenvalue weighted by molar-refractivity contribution is 1.15. The Morgan fingerprint density at radius 2 is 1.86 bits per heavy atom. The van der Waals surface area contributed by atoms with Gasteiger partial charge >= 0.3 is 0 Å². The van der Waals surface area contributed by atoms with Gasteiger partial charge in [-0.3, -0.25) is 0 Å². The van der Waals surface area contributed by atoms with Gasteiger partial charge in [-0.2, -0.15) is 4.98 Å². The minimum Gasteiger partial charge on any atom is -0.373 e. The molecule has 1 aromatic carbocycles. The first kappa shape index (κ1) is 20.2. The molecule has 0 aliphatic carbocycles. The van der Waals surface area contributed by atoms with Gasteiger partial charge < -0.3 is 21.4 Å². The summed E-state index contributed by atoms with van der Waals surface area (Å²) in [7, 11) is 1.52. The van der Waals surface area contributed by atoms with Crippen LogP contribution in [0, 0.1) is 5.41 Å². The molecule has 0 unspecified atom stereocenters. The van der Waals surface area contributed by atoms with Gasteiger partial charge in [0, 0.05) is 30.7 Å². The van der Waals surface area contributed by atoms with Crippen LogP contribution >= 0.6 is 23.9 Å². The molecule has 9 heteroatoms. The Labute approximate surface area is 173 Å². The number of halogens is 1. The third-order valence-electron chi connectivity index (χ3n) is 3.95. The second kappa shape index (κ2) is 9.08. The molecule has 3 rings (SSSR count). The van der Waals surface area contributed by atoms with Gasteiger partial charge in [-0.1, -0.05) is 26.1 Å². The highest BCUT2D eigenvalue weighted by molar-refractivity contribution is 9.10. The van der Waals surface area contributed by atoms with Crippen LogP contribution in [0.25, 0.3) is 0 Å². The molecule has 2 heterocycles. The van der Waals surface area contributed by atoms with Gasteiger partial charge in [-0.05, 0) is 46.7 Å². The molecule has 28 heavy (non-hydrogen) atoms. The van der Waals surface area contributed by atoms with E-state index < -0.39 is 0 Å². The Morgan fingerprint density at radius 1 is 1.07 bits per heavy atom. The molecule has 0 aliphatic rings. The molecule has 0 bridgehead atoms. The average molecular weight is 458 g/mol. The smallest absolute Gasteiger partial charge is 0.229 e. The summed E-state index contributed by atoms with van der Waals surface area (Å²) in [6.07, 6.45) is 4.63. The molecule has 0 atom stereocenters. The standard InChI is InChI=1S/C19H21BrN7P/c1-22-17-12(9-21)8-13(10-23-17)25-19-24-11-14(20)18(27-19)26-15-6-4-5-7-16(15)28(2)3/h4-11,21H,1-3H3,(H,22,23)(H2,24,25,26,27). The molecule has 4 N–H and O–H groups in total. The van der Waals surface area contributed by atoms with Gasteiger partial charge in [0.15, 0.2) is 0 Å². The summed E-state index contributed by atoms with van der Waals surface area (Å²) in [4.78, 5) is 13.2. The molecule has 0 aliphatic heterocycles. The highest BCUT2D eigenvalue weighted by Gasteiger charge is 2.11. The van der Waals surface area contributed by atoms with Crippen LogP contribution < -0.4 is 21.3 Å². The van der Waals surface area contributed by atoms with E-state index >= 15 is 0 Å². The first-order valence-corrected chi connectivity index (χ1v) is 11.6. The minimum absolute atomic E-state index is 0.252. The number of para-hydroxylation sites is 1. The van der Waals surface area contributed by atoms with Crippen molar-refractivity contribution in [2.75, 3.05) is 36.3 Å². The van der Waals surface area contributed by atoms with E-state index in [-0.39, 0.29) is 7.92 Å². The van der Waals surface area contributed by atoms with Crippen molar-refractivity contribution in [3.8, 4) is 0 Å². The quantitative estimate of drug-likeness (QED) is 0.307. The molecule has 0 saturated carbocycles. The molecule has 2 aromatic heterocycles. The van der Waals surface area contributed by atoms with Crippen molar-refractivity contribution in [3.05, 3.63) is 52.8 Å². The molecular formula is C19H21BrN7P. The molecule has 0 spiro atoms. The first-order valence-electron chi connectivity index (χ1n) is 8.53. The molecular weight excluding hydrogens is 437 g/mol. The van der Waals surface area contributed by atoms with Crippen LogP contribution in [-0.2, 0) is 0 Å². The highest BCUT2D eigenvalue weighted by Crippen LogP contribution is 2.31. The lowest BCUT2D eigenvalue weighted by Gasteiger charge is -2.15. The molecule has 0 radical (unpaired) electrons. The van der Waals surface area contributed by atoms with Crippen molar-refractivity contribution in [2.24, 2.45) is 0 Å². The summed E-state index contributed by atoms with van der Waals surface area (Å²) in [6, 6.07) is 10.1. The van der Waals surface area contributed by atoms with Gasteiger partial charge in [0.2, 0.25) is 5.95 Å². The zero-order chi connectivity index (χ0) is 20.1. The number of nitrogens with one attached hydrogen (secondary N) is 4. The van der Waals surface area contributed by atoms with E-state index in [1.54, 1.807) is 19.4 Å². The third kappa shape index (κ3) is 4.64. The number of nitrogens with zero attached hydrogens (tertiary/aromatic N) is 3. The lowest BCUT2D eigenvalue weighted by Crippen LogP contribution is -2.09. The summed E-state index contributed by atoms with van der Waals surface area (Å²) < 4.78 is 0.772. The van der Waals surface area contributed by atoms with Gasteiger partial charge in [0.25, 0.3) is 0 Å². The summed E-state index contributed by atoms with van der Waals surface area (Å²) in [5.74, 6) is 1.76. The Balaban J connectivity index is 1.87. The lowest BCUT2D eigenvalue weighted by atomic mass is 10.2. The Bertz CT molecular complexity index is 994. The molecule has 144 valence electrons. The Hall–Kier alpha value is -2.57. The van der Waals surface area contributed by atoms with Crippen molar-refractivity contribution in [1.29, 1.82) is 5.41 Å². The van der Waals surface area contributed by atoms with E-state index in [4.69, 9.17) is 5.41 Å². The maximum atomic E-state index is 7.53. The van der Waals surface area contributed by atoms with Crippen molar-refractivity contribution < 1.29 is 0 Å². The van der Waals surface area contributed by atoms with Crippen LogP contribution in [0.15, 0.2) is 47.2 Å². The zero-order valence-corrected chi connectivity index (χ0v) is 18.3. The van der Waals surface area contributed by atoms with Crippen LogP contribution in [0.1, 0.15) is 5.56 Å². The van der Waals surface area contributed by atoms with E-state index in [0.29, 0.717) is 28.8 Å². The van der Waals surface area contributed by atoms with Crippen LogP contribution in [0.3, 0.4) is 0 Å². The Kier molecular flexibility index (Phi) is 6.54. The summed E-state index contributed by atoms with van der Waals surface area (Å²) in [5, 5.41) is 18.3. The van der Waals surface area contributed by atoms with E-state index in [2.05, 4.69) is 72.3 Å². The topological polar surface area (TPSA) is 98.6 Å². The molecule has 7 nitrogen and oxygen atoms in total. The van der Waals surface area contributed by atoms with Crippen LogP contribution in [-0.4, -0.2) is 41.5 Å². The predicted molar refractivity (Wildman–Crippen MR) is 123 cm³/mol. The van der Waals surface area contributed by atoms with Gasteiger partial charge in [-0.25, -0.2) is 9.97 Å².